The van der Waals surface area contributed by atoms with Gasteiger partial charge in [-0.05, 0) is 48.9 Å². The number of hydrogen-bond acceptors (Lipinski definition) is 4. The maximum absolute atomic E-state index is 13.6. The topological polar surface area (TPSA) is 66.5 Å². The van der Waals surface area contributed by atoms with Crippen LogP contribution in [0.1, 0.15) is 18.4 Å². The first kappa shape index (κ1) is 18.0. The number of nitrogens with zero attached hydrogens (tertiary/aromatic N) is 1. The second-order valence-electron chi connectivity index (χ2n) is 6.09. The minimum Gasteiger partial charge on any atom is -0.326 e. The fraction of sp³-hybridized carbons (Fsp3) is 0.353. The Morgan fingerprint density at radius 1 is 1.36 bits per heavy atom. The average Bonchev–Trinajstić information content (AvgIpc) is 3.14. The van der Waals surface area contributed by atoms with E-state index in [0.29, 0.717) is 30.6 Å². The van der Waals surface area contributed by atoms with Crippen LogP contribution in [0.2, 0.25) is 0 Å². The van der Waals surface area contributed by atoms with Gasteiger partial charge in [-0.15, -0.1) is 11.3 Å². The molecule has 2 aromatic rings. The Kier molecular flexibility index (Phi) is 5.21. The third-order valence-electron chi connectivity index (χ3n) is 4.28. The number of halogens is 1. The van der Waals surface area contributed by atoms with Crippen LogP contribution in [-0.2, 0) is 14.8 Å². The lowest BCUT2D eigenvalue weighted by atomic mass is 9.98. The van der Waals surface area contributed by atoms with Crippen LogP contribution in [0.3, 0.4) is 0 Å². The lowest BCUT2D eigenvalue weighted by Crippen LogP contribution is -2.43. The minimum atomic E-state index is -3.56. The van der Waals surface area contributed by atoms with Gasteiger partial charge in [-0.2, -0.15) is 4.31 Å². The summed E-state index contributed by atoms with van der Waals surface area (Å²) >= 11 is 1.17. The lowest BCUT2D eigenvalue weighted by molar-refractivity contribution is -0.120. The quantitative estimate of drug-likeness (QED) is 0.883. The van der Waals surface area contributed by atoms with Gasteiger partial charge in [-0.1, -0.05) is 12.1 Å². The molecule has 1 saturated heterocycles. The van der Waals surface area contributed by atoms with E-state index in [1.54, 1.807) is 36.6 Å². The van der Waals surface area contributed by atoms with Crippen molar-refractivity contribution in [3.05, 3.63) is 47.1 Å². The molecule has 1 fully saturated rings. The normalized spacial score (nSPS) is 18.9. The number of sulfonamides is 1. The van der Waals surface area contributed by atoms with E-state index in [1.807, 2.05) is 0 Å². The Labute approximate surface area is 150 Å². The van der Waals surface area contributed by atoms with Gasteiger partial charge in [-0.25, -0.2) is 12.8 Å². The van der Waals surface area contributed by atoms with Crippen molar-refractivity contribution in [2.45, 2.75) is 24.0 Å². The van der Waals surface area contributed by atoms with Crippen LogP contribution in [0.4, 0.5) is 10.1 Å². The van der Waals surface area contributed by atoms with Crippen LogP contribution in [0, 0.1) is 18.7 Å². The smallest absolute Gasteiger partial charge is 0.252 e. The predicted octanol–water partition coefficient (Wildman–Crippen LogP) is 3.24. The van der Waals surface area contributed by atoms with Crippen molar-refractivity contribution >= 4 is 33.0 Å². The van der Waals surface area contributed by atoms with Gasteiger partial charge in [-0.3, -0.25) is 4.79 Å². The van der Waals surface area contributed by atoms with Crippen molar-refractivity contribution in [2.24, 2.45) is 5.92 Å². The number of rotatable bonds is 4. The van der Waals surface area contributed by atoms with Crippen LogP contribution in [-0.4, -0.2) is 31.7 Å². The lowest BCUT2D eigenvalue weighted by Gasteiger charge is -2.30. The van der Waals surface area contributed by atoms with Gasteiger partial charge >= 0.3 is 0 Å². The van der Waals surface area contributed by atoms with Gasteiger partial charge in [0.05, 0.1) is 5.92 Å². The Morgan fingerprint density at radius 2 is 2.16 bits per heavy atom. The SMILES string of the molecule is Cc1ccc(NC(=O)[C@H]2CCCN(S(=O)(=O)c3cccs3)C2)cc1F. The van der Waals surface area contributed by atoms with E-state index in [4.69, 9.17) is 0 Å². The monoisotopic (exact) mass is 382 g/mol. The number of nitrogens with one attached hydrogen (secondary N) is 1. The molecule has 0 saturated carbocycles. The number of thiophene rings is 1. The highest BCUT2D eigenvalue weighted by Gasteiger charge is 2.33. The fourth-order valence-corrected chi connectivity index (χ4v) is 5.50. The van der Waals surface area contributed by atoms with Crippen LogP contribution in [0.5, 0.6) is 0 Å². The molecule has 1 aromatic carbocycles. The second kappa shape index (κ2) is 7.23. The van der Waals surface area contributed by atoms with Gasteiger partial charge in [0.15, 0.2) is 0 Å². The Balaban J connectivity index is 1.70. The van der Waals surface area contributed by atoms with E-state index >= 15 is 0 Å². The number of carbonyl (C=O) groups excluding carboxylic acids is 1. The summed E-state index contributed by atoms with van der Waals surface area (Å²) in [6.07, 6.45) is 1.22. The molecule has 1 aliphatic heterocycles. The van der Waals surface area contributed by atoms with Crippen LogP contribution >= 0.6 is 11.3 Å². The molecule has 2 heterocycles. The highest BCUT2D eigenvalue weighted by atomic mass is 32.2. The molecule has 1 aromatic heterocycles. The van der Waals surface area contributed by atoms with Gasteiger partial charge in [0.2, 0.25) is 5.91 Å². The number of piperidine rings is 1. The van der Waals surface area contributed by atoms with Gasteiger partial charge in [0, 0.05) is 18.8 Å². The molecule has 5 nitrogen and oxygen atoms in total. The van der Waals surface area contributed by atoms with E-state index in [-0.39, 0.29) is 22.5 Å². The molecule has 0 unspecified atom stereocenters. The zero-order chi connectivity index (χ0) is 18.0. The van der Waals surface area contributed by atoms with E-state index in [2.05, 4.69) is 5.32 Å². The van der Waals surface area contributed by atoms with E-state index < -0.39 is 15.9 Å². The molecule has 1 N–H and O–H groups in total. The number of benzene rings is 1. The molecular weight excluding hydrogens is 363 g/mol. The summed E-state index contributed by atoms with van der Waals surface area (Å²) in [6, 6.07) is 7.77. The van der Waals surface area contributed by atoms with Gasteiger partial charge in [0.1, 0.15) is 10.0 Å². The first-order valence-corrected chi connectivity index (χ1v) is 10.3. The van der Waals surface area contributed by atoms with Crippen molar-refractivity contribution < 1.29 is 17.6 Å². The standard InChI is InChI=1S/C17H19FN2O3S2/c1-12-6-7-14(10-15(12)18)19-17(21)13-4-2-8-20(11-13)25(22,23)16-5-3-9-24-16/h3,5-7,9-10,13H,2,4,8,11H2,1H3,(H,19,21)/t13-/m0/s1. The molecule has 1 atom stereocenters. The third-order valence-corrected chi connectivity index (χ3v) is 7.52. The van der Waals surface area contributed by atoms with Crippen molar-refractivity contribution in [1.82, 2.24) is 4.31 Å². The van der Waals surface area contributed by atoms with E-state index in [1.165, 1.54) is 21.7 Å². The number of carbonyl (C=O) groups is 1. The van der Waals surface area contributed by atoms with Crippen molar-refractivity contribution in [3.63, 3.8) is 0 Å². The molecule has 134 valence electrons. The summed E-state index contributed by atoms with van der Waals surface area (Å²) in [4.78, 5) is 12.5. The van der Waals surface area contributed by atoms with Gasteiger partial charge < -0.3 is 5.32 Å². The molecule has 1 aliphatic rings. The summed E-state index contributed by atoms with van der Waals surface area (Å²) in [5.74, 6) is -1.12. The first-order chi connectivity index (χ1) is 11.9. The predicted molar refractivity (Wildman–Crippen MR) is 95.6 cm³/mol. The maximum atomic E-state index is 13.6. The number of aryl methyl sites for hydroxylation is 1. The summed E-state index contributed by atoms with van der Waals surface area (Å²) in [5.41, 5.74) is 0.884. The Bertz CT molecular complexity index is 866. The first-order valence-electron chi connectivity index (χ1n) is 7.98. The molecule has 0 bridgehead atoms. The van der Waals surface area contributed by atoms with E-state index in [0.717, 1.165) is 0 Å². The Morgan fingerprint density at radius 3 is 2.84 bits per heavy atom. The van der Waals surface area contributed by atoms with Crippen molar-refractivity contribution in [1.29, 1.82) is 0 Å². The zero-order valence-corrected chi connectivity index (χ0v) is 15.4. The summed E-state index contributed by atoms with van der Waals surface area (Å²) in [5, 5.41) is 4.40. The van der Waals surface area contributed by atoms with Crippen LogP contribution in [0.15, 0.2) is 39.9 Å². The number of anilines is 1. The fourth-order valence-electron chi connectivity index (χ4n) is 2.83. The van der Waals surface area contributed by atoms with Crippen molar-refractivity contribution in [3.8, 4) is 0 Å². The summed E-state index contributed by atoms with van der Waals surface area (Å²) < 4.78 is 40.5. The summed E-state index contributed by atoms with van der Waals surface area (Å²) in [6.45, 7) is 2.19. The molecule has 8 heteroatoms. The highest BCUT2D eigenvalue weighted by molar-refractivity contribution is 7.91. The molecule has 0 aliphatic carbocycles. The molecule has 1 amide bonds. The largest absolute Gasteiger partial charge is 0.326 e. The molecule has 0 radical (unpaired) electrons. The number of hydrogen-bond donors (Lipinski definition) is 1. The molecule has 0 spiro atoms. The maximum Gasteiger partial charge on any atom is 0.252 e. The van der Waals surface area contributed by atoms with Crippen molar-refractivity contribution in [2.75, 3.05) is 18.4 Å². The van der Waals surface area contributed by atoms with Crippen LogP contribution in [0.25, 0.3) is 0 Å². The second-order valence-corrected chi connectivity index (χ2v) is 9.20. The highest BCUT2D eigenvalue weighted by Crippen LogP contribution is 2.27. The van der Waals surface area contributed by atoms with Gasteiger partial charge in [0.25, 0.3) is 10.0 Å². The number of amides is 1. The minimum absolute atomic E-state index is 0.139. The zero-order valence-electron chi connectivity index (χ0n) is 13.7. The molecule has 3 rings (SSSR count). The molecular formula is C17H19FN2O3S2. The third kappa shape index (κ3) is 3.91. The average molecular weight is 382 g/mol. The van der Waals surface area contributed by atoms with Crippen LogP contribution < -0.4 is 5.32 Å². The molecule has 25 heavy (non-hydrogen) atoms. The van der Waals surface area contributed by atoms with E-state index in [9.17, 15) is 17.6 Å². The Hall–Kier alpha value is -1.77. The summed E-state index contributed by atoms with van der Waals surface area (Å²) in [7, 11) is -3.56.